The third-order valence-electron chi connectivity index (χ3n) is 6.01. The number of halogens is 1. The number of carboxylic acids is 1. The summed E-state index contributed by atoms with van der Waals surface area (Å²) < 4.78 is 5.81. The molecule has 6 N–H and O–H groups in total. The minimum atomic E-state index is -1.61. The van der Waals surface area contributed by atoms with Crippen molar-refractivity contribution >= 4 is 69.4 Å². The number of unbranched alkanes of at least 4 members (excludes halogenated alkanes) is 2. The highest BCUT2D eigenvalue weighted by molar-refractivity contribution is 8.06. The Morgan fingerprint density at radius 2 is 2.17 bits per heavy atom. The number of thiazole rings is 1. The van der Waals surface area contributed by atoms with Gasteiger partial charge < -0.3 is 26.6 Å². The smallest absolute Gasteiger partial charge is 0.353 e. The van der Waals surface area contributed by atoms with Crippen molar-refractivity contribution in [3.8, 4) is 0 Å². The molecule has 0 aromatic carbocycles. The Kier molecular flexibility index (Phi) is 10.4. The monoisotopic (exact) mass is 627 g/mol. The number of β-lactam (4-membered cyclic amide) rings is 1. The molecule has 1 fully saturated rings. The number of carbonyl (C=O) groups is 3. The summed E-state index contributed by atoms with van der Waals surface area (Å²) in [6.45, 7) is 1.52. The number of nitroso groups, excluding NO2 is 1. The number of aliphatic carboxylic acids is 1. The second-order valence-electron chi connectivity index (χ2n) is 8.68. The molecule has 4 heterocycles. The van der Waals surface area contributed by atoms with Crippen molar-refractivity contribution in [2.24, 2.45) is 10.9 Å². The van der Waals surface area contributed by atoms with Crippen molar-refractivity contribution in [3.63, 3.8) is 0 Å². The number of amides is 2. The average molecular weight is 628 g/mol. The van der Waals surface area contributed by atoms with Gasteiger partial charge >= 0.3 is 5.97 Å². The van der Waals surface area contributed by atoms with Crippen LogP contribution in [0.4, 0.5) is 5.13 Å². The standard InChI is InChI=1S/C23H26ClN7O6S3/c24-18-14(29-23(26)40-18)15(30-36)19(32)28-16-20(33)31-17(22(34)35)13(10-38-21(16)31)39-12-4-6-27-8-11(12)9-37-7-3-1-2-5-25/h4,6,8,15-16,21H,1-3,5,7,9-10,25H2,(H2,26,29)(H,28,32)(H,34,35)/t15?,16-,21+/m1/s1. The van der Waals surface area contributed by atoms with Crippen LogP contribution in [0.1, 0.15) is 36.6 Å². The van der Waals surface area contributed by atoms with Gasteiger partial charge in [-0.2, -0.15) is 0 Å². The first-order valence-corrected chi connectivity index (χ1v) is 15.2. The van der Waals surface area contributed by atoms with Crippen LogP contribution in [0.15, 0.2) is 39.1 Å². The maximum atomic E-state index is 13.1. The average Bonchev–Trinajstić information content (AvgIpc) is 3.27. The molecule has 40 heavy (non-hydrogen) atoms. The first-order chi connectivity index (χ1) is 19.3. The van der Waals surface area contributed by atoms with Crippen LogP contribution in [0.2, 0.25) is 4.34 Å². The zero-order chi connectivity index (χ0) is 28.8. The summed E-state index contributed by atoms with van der Waals surface area (Å²) in [4.78, 5) is 60.0. The van der Waals surface area contributed by atoms with E-state index in [9.17, 15) is 24.4 Å². The predicted octanol–water partition coefficient (Wildman–Crippen LogP) is 2.72. The minimum Gasteiger partial charge on any atom is -0.477 e. The molecule has 2 aliphatic rings. The number of nitrogens with one attached hydrogen (secondary N) is 1. The van der Waals surface area contributed by atoms with Crippen LogP contribution in [-0.4, -0.2) is 68.1 Å². The third-order valence-corrected chi connectivity index (χ3v) is 9.79. The van der Waals surface area contributed by atoms with E-state index in [0.717, 1.165) is 46.0 Å². The number of thioether (sulfide) groups is 2. The highest BCUT2D eigenvalue weighted by Gasteiger charge is 2.55. The summed E-state index contributed by atoms with van der Waals surface area (Å²) in [6.07, 6.45) is 6.07. The Morgan fingerprint density at radius 3 is 2.85 bits per heavy atom. The van der Waals surface area contributed by atoms with Crippen molar-refractivity contribution in [2.75, 3.05) is 24.6 Å². The zero-order valence-electron chi connectivity index (χ0n) is 20.9. The molecule has 0 saturated carbocycles. The number of carbonyl (C=O) groups excluding carboxylic acids is 2. The van der Waals surface area contributed by atoms with Gasteiger partial charge in [0.2, 0.25) is 6.04 Å². The second-order valence-corrected chi connectivity index (χ2v) is 12.6. The first kappa shape index (κ1) is 30.2. The summed E-state index contributed by atoms with van der Waals surface area (Å²) in [5, 5.41) is 14.7. The molecule has 17 heteroatoms. The van der Waals surface area contributed by atoms with Gasteiger partial charge in [0.05, 0.1) is 6.61 Å². The lowest BCUT2D eigenvalue weighted by molar-refractivity contribution is -0.150. The molecule has 4 rings (SSSR count). The Hall–Kier alpha value is -2.76. The summed E-state index contributed by atoms with van der Waals surface area (Å²) in [5.74, 6) is -2.50. The van der Waals surface area contributed by atoms with E-state index in [4.69, 9.17) is 27.8 Å². The molecule has 2 aromatic heterocycles. The number of anilines is 1. The molecule has 2 aromatic rings. The SMILES string of the molecule is NCCCCCOCc1cnccc1SC1=C(C(=O)O)N2C(=O)[C@@H](NC(=O)C(N=O)c3nc(N)sc3Cl)[C@@H]2SC1. The fraction of sp³-hybridized carbons (Fsp3) is 0.435. The largest absolute Gasteiger partial charge is 0.477 e. The van der Waals surface area contributed by atoms with E-state index in [1.165, 1.54) is 23.5 Å². The van der Waals surface area contributed by atoms with E-state index in [1.807, 2.05) is 0 Å². The van der Waals surface area contributed by atoms with Crippen LogP contribution < -0.4 is 16.8 Å². The summed E-state index contributed by atoms with van der Waals surface area (Å²) in [7, 11) is 0. The number of fused-ring (bicyclic) bond motifs is 1. The number of hydrogen-bond donors (Lipinski definition) is 4. The number of nitrogens with zero attached hydrogens (tertiary/aromatic N) is 4. The van der Waals surface area contributed by atoms with Crippen LogP contribution in [0.25, 0.3) is 0 Å². The van der Waals surface area contributed by atoms with Crippen molar-refractivity contribution < 1.29 is 24.2 Å². The first-order valence-electron chi connectivity index (χ1n) is 12.1. The van der Waals surface area contributed by atoms with E-state index in [1.54, 1.807) is 18.5 Å². The van der Waals surface area contributed by atoms with E-state index >= 15 is 0 Å². The summed E-state index contributed by atoms with van der Waals surface area (Å²) >= 11 is 9.43. The molecular weight excluding hydrogens is 602 g/mol. The number of aromatic nitrogens is 2. The van der Waals surface area contributed by atoms with Gasteiger partial charge in [-0.1, -0.05) is 34.7 Å². The van der Waals surface area contributed by atoms with Gasteiger partial charge in [0.15, 0.2) is 5.13 Å². The van der Waals surface area contributed by atoms with Gasteiger partial charge in [0.1, 0.15) is 27.1 Å². The molecule has 3 atom stereocenters. The molecule has 0 aliphatic carbocycles. The molecule has 214 valence electrons. The lowest BCUT2D eigenvalue weighted by Gasteiger charge is -2.49. The molecule has 2 amide bonds. The van der Waals surface area contributed by atoms with Crippen molar-refractivity contribution in [2.45, 2.75) is 48.2 Å². The van der Waals surface area contributed by atoms with Gasteiger partial charge in [-0.15, -0.1) is 16.7 Å². The Balaban J connectivity index is 1.45. The van der Waals surface area contributed by atoms with Gasteiger partial charge in [-0.25, -0.2) is 9.78 Å². The Morgan fingerprint density at radius 1 is 1.38 bits per heavy atom. The quantitative estimate of drug-likeness (QED) is 0.136. The Labute approximate surface area is 246 Å². The molecule has 0 bridgehead atoms. The molecule has 1 unspecified atom stereocenters. The molecule has 13 nitrogen and oxygen atoms in total. The molecular formula is C23H26ClN7O6S3. The number of nitrogen functional groups attached to an aromatic ring is 1. The van der Waals surface area contributed by atoms with Gasteiger partial charge in [-0.3, -0.25) is 19.5 Å². The second kappa shape index (κ2) is 13.7. The molecule has 0 spiro atoms. The van der Waals surface area contributed by atoms with Crippen molar-refractivity contribution in [1.82, 2.24) is 20.2 Å². The molecule has 0 radical (unpaired) electrons. The summed E-state index contributed by atoms with van der Waals surface area (Å²) in [6, 6.07) is -0.892. The number of carboxylic acid groups (broad SMARTS) is 1. The van der Waals surface area contributed by atoms with Crippen LogP contribution in [0.3, 0.4) is 0 Å². The van der Waals surface area contributed by atoms with E-state index in [2.05, 4.69) is 20.5 Å². The number of hydrogen-bond acceptors (Lipinski definition) is 13. The van der Waals surface area contributed by atoms with Crippen LogP contribution in [-0.2, 0) is 25.7 Å². The number of pyridine rings is 1. The maximum absolute atomic E-state index is 13.1. The normalized spacial score (nSPS) is 19.1. The van der Waals surface area contributed by atoms with Gasteiger partial charge in [-0.05, 0) is 37.1 Å². The predicted molar refractivity (Wildman–Crippen MR) is 152 cm³/mol. The lowest BCUT2D eigenvalue weighted by Crippen LogP contribution is -2.70. The fourth-order valence-corrected chi connectivity index (χ4v) is 7.61. The highest BCUT2D eigenvalue weighted by atomic mass is 35.5. The summed E-state index contributed by atoms with van der Waals surface area (Å²) in [5.41, 5.74) is 11.6. The number of ether oxygens (including phenoxy) is 1. The number of nitrogens with two attached hydrogens (primary N) is 2. The van der Waals surface area contributed by atoms with Crippen molar-refractivity contribution in [3.05, 3.63) is 49.6 Å². The Bertz CT molecular complexity index is 1330. The van der Waals surface area contributed by atoms with Crippen LogP contribution in [0.5, 0.6) is 0 Å². The maximum Gasteiger partial charge on any atom is 0.353 e. The van der Waals surface area contributed by atoms with E-state index in [-0.39, 0.29) is 26.6 Å². The number of rotatable bonds is 14. The molecule has 2 aliphatic heterocycles. The van der Waals surface area contributed by atoms with Crippen LogP contribution in [0, 0.1) is 4.91 Å². The topological polar surface area (TPSA) is 203 Å². The van der Waals surface area contributed by atoms with Crippen molar-refractivity contribution in [1.29, 1.82) is 0 Å². The molecule has 1 saturated heterocycles. The van der Waals surface area contributed by atoms with E-state index < -0.39 is 35.2 Å². The highest BCUT2D eigenvalue weighted by Crippen LogP contribution is 2.46. The third kappa shape index (κ3) is 6.58. The lowest BCUT2D eigenvalue weighted by atomic mass is 10.0. The van der Waals surface area contributed by atoms with Crippen LogP contribution >= 0.6 is 46.5 Å². The minimum absolute atomic E-state index is 0.0380. The zero-order valence-corrected chi connectivity index (χ0v) is 24.2. The van der Waals surface area contributed by atoms with Gasteiger partial charge in [0.25, 0.3) is 11.8 Å². The van der Waals surface area contributed by atoms with Gasteiger partial charge in [0, 0.05) is 40.1 Å². The fourth-order valence-electron chi connectivity index (χ4n) is 4.08. The van der Waals surface area contributed by atoms with E-state index in [0.29, 0.717) is 24.7 Å².